The van der Waals surface area contributed by atoms with Gasteiger partial charge in [0.15, 0.2) is 0 Å². The zero-order valence-electron chi connectivity index (χ0n) is 10.1. The molecule has 0 aromatic rings. The predicted octanol–water partition coefficient (Wildman–Crippen LogP) is 2.72. The standard InChI is InChI=1S/C12H26O2/c1-5-11(6-2)9-12(14,7-3)8-10(4)13/h10-11,13-14H,5-9H2,1-4H3. The molecule has 0 saturated carbocycles. The summed E-state index contributed by atoms with van der Waals surface area (Å²) in [6, 6.07) is 0. The Morgan fingerprint density at radius 1 is 1.07 bits per heavy atom. The third-order valence-corrected chi connectivity index (χ3v) is 3.16. The van der Waals surface area contributed by atoms with Crippen LogP contribution in [0.2, 0.25) is 0 Å². The van der Waals surface area contributed by atoms with Gasteiger partial charge in [0.1, 0.15) is 0 Å². The van der Waals surface area contributed by atoms with Gasteiger partial charge in [0.2, 0.25) is 0 Å². The lowest BCUT2D eigenvalue weighted by molar-refractivity contribution is -0.0284. The molecule has 0 saturated heterocycles. The van der Waals surface area contributed by atoms with Crippen LogP contribution in [0.15, 0.2) is 0 Å². The summed E-state index contributed by atoms with van der Waals surface area (Å²) in [7, 11) is 0. The van der Waals surface area contributed by atoms with Gasteiger partial charge >= 0.3 is 0 Å². The van der Waals surface area contributed by atoms with E-state index in [0.29, 0.717) is 12.3 Å². The average molecular weight is 202 g/mol. The van der Waals surface area contributed by atoms with Crippen LogP contribution in [0.3, 0.4) is 0 Å². The lowest BCUT2D eigenvalue weighted by atomic mass is 9.82. The molecule has 2 heteroatoms. The van der Waals surface area contributed by atoms with E-state index in [1.165, 1.54) is 0 Å². The second-order valence-corrected chi connectivity index (χ2v) is 4.52. The molecular formula is C12H26O2. The van der Waals surface area contributed by atoms with Gasteiger partial charge in [0.05, 0.1) is 11.7 Å². The molecule has 0 fully saturated rings. The van der Waals surface area contributed by atoms with E-state index >= 15 is 0 Å². The first-order chi connectivity index (χ1) is 6.47. The monoisotopic (exact) mass is 202 g/mol. The van der Waals surface area contributed by atoms with Crippen LogP contribution >= 0.6 is 0 Å². The highest BCUT2D eigenvalue weighted by molar-refractivity contribution is 4.81. The first-order valence-electron chi connectivity index (χ1n) is 5.87. The minimum atomic E-state index is -0.662. The third kappa shape index (κ3) is 4.97. The van der Waals surface area contributed by atoms with Crippen molar-refractivity contribution in [3.8, 4) is 0 Å². The summed E-state index contributed by atoms with van der Waals surface area (Å²) in [5, 5.41) is 19.6. The van der Waals surface area contributed by atoms with E-state index in [1.54, 1.807) is 6.92 Å². The maximum absolute atomic E-state index is 10.3. The fourth-order valence-electron chi connectivity index (χ4n) is 2.04. The summed E-state index contributed by atoms with van der Waals surface area (Å²) in [6.07, 6.45) is 3.86. The van der Waals surface area contributed by atoms with E-state index in [1.807, 2.05) is 6.92 Å². The van der Waals surface area contributed by atoms with Crippen molar-refractivity contribution in [3.63, 3.8) is 0 Å². The summed E-state index contributed by atoms with van der Waals surface area (Å²) in [5.74, 6) is 0.582. The SMILES string of the molecule is CCC(CC)CC(O)(CC)CC(C)O. The van der Waals surface area contributed by atoms with Gasteiger partial charge in [-0.25, -0.2) is 0 Å². The average Bonchev–Trinajstić information content (AvgIpc) is 2.13. The third-order valence-electron chi connectivity index (χ3n) is 3.16. The Hall–Kier alpha value is -0.0800. The molecule has 2 atom stereocenters. The zero-order chi connectivity index (χ0) is 11.2. The molecule has 2 unspecified atom stereocenters. The van der Waals surface area contributed by atoms with Crippen molar-refractivity contribution in [2.75, 3.05) is 0 Å². The lowest BCUT2D eigenvalue weighted by Gasteiger charge is -2.31. The topological polar surface area (TPSA) is 40.5 Å². The van der Waals surface area contributed by atoms with E-state index in [2.05, 4.69) is 13.8 Å². The first-order valence-corrected chi connectivity index (χ1v) is 5.87. The Morgan fingerprint density at radius 2 is 1.57 bits per heavy atom. The number of aliphatic hydroxyl groups excluding tert-OH is 1. The maximum atomic E-state index is 10.3. The van der Waals surface area contributed by atoms with Crippen LogP contribution in [0.5, 0.6) is 0 Å². The minimum Gasteiger partial charge on any atom is -0.393 e. The molecule has 0 radical (unpaired) electrons. The summed E-state index contributed by atoms with van der Waals surface area (Å²) < 4.78 is 0. The molecule has 2 N–H and O–H groups in total. The van der Waals surface area contributed by atoms with E-state index in [4.69, 9.17) is 0 Å². The van der Waals surface area contributed by atoms with Gasteiger partial charge in [-0.05, 0) is 25.7 Å². The van der Waals surface area contributed by atoms with Gasteiger partial charge in [-0.2, -0.15) is 0 Å². The largest absolute Gasteiger partial charge is 0.393 e. The van der Waals surface area contributed by atoms with Gasteiger partial charge in [-0.3, -0.25) is 0 Å². The molecule has 0 bridgehead atoms. The van der Waals surface area contributed by atoms with Crippen molar-refractivity contribution in [2.45, 2.75) is 71.5 Å². The molecule has 2 nitrogen and oxygen atoms in total. The Morgan fingerprint density at radius 3 is 1.86 bits per heavy atom. The molecule has 0 aliphatic rings. The highest BCUT2D eigenvalue weighted by Gasteiger charge is 2.28. The summed E-state index contributed by atoms with van der Waals surface area (Å²) in [4.78, 5) is 0. The molecule has 86 valence electrons. The first kappa shape index (κ1) is 13.9. The lowest BCUT2D eigenvalue weighted by Crippen LogP contribution is -2.34. The van der Waals surface area contributed by atoms with Crippen LogP contribution in [-0.2, 0) is 0 Å². The smallest absolute Gasteiger partial charge is 0.0672 e. The van der Waals surface area contributed by atoms with Crippen LogP contribution in [0.1, 0.15) is 59.8 Å². The predicted molar refractivity (Wildman–Crippen MR) is 60.2 cm³/mol. The van der Waals surface area contributed by atoms with Gasteiger partial charge in [-0.15, -0.1) is 0 Å². The van der Waals surface area contributed by atoms with Crippen molar-refractivity contribution in [2.24, 2.45) is 5.92 Å². The van der Waals surface area contributed by atoms with Crippen molar-refractivity contribution < 1.29 is 10.2 Å². The molecule has 0 aliphatic heterocycles. The molecule has 0 aliphatic carbocycles. The molecule has 0 aromatic heterocycles. The molecule has 0 amide bonds. The molecule has 0 heterocycles. The Kier molecular flexibility index (Phi) is 6.38. The minimum absolute atomic E-state index is 0.408. The number of rotatable bonds is 7. The zero-order valence-corrected chi connectivity index (χ0v) is 10.1. The van der Waals surface area contributed by atoms with Crippen LogP contribution in [0, 0.1) is 5.92 Å². The van der Waals surface area contributed by atoms with E-state index in [-0.39, 0.29) is 0 Å². The van der Waals surface area contributed by atoms with Crippen LogP contribution in [-0.4, -0.2) is 21.9 Å². The Balaban J connectivity index is 4.22. The molecule has 0 spiro atoms. The van der Waals surface area contributed by atoms with Crippen molar-refractivity contribution in [1.29, 1.82) is 0 Å². The summed E-state index contributed by atoms with van der Waals surface area (Å²) >= 11 is 0. The van der Waals surface area contributed by atoms with Crippen molar-refractivity contribution in [1.82, 2.24) is 0 Å². The number of aliphatic hydroxyl groups is 2. The normalized spacial score (nSPS) is 18.2. The second kappa shape index (κ2) is 6.41. The van der Waals surface area contributed by atoms with Gasteiger partial charge in [-0.1, -0.05) is 33.6 Å². The Bertz CT molecular complexity index is 141. The fraction of sp³-hybridized carbons (Fsp3) is 1.00. The van der Waals surface area contributed by atoms with Crippen molar-refractivity contribution in [3.05, 3.63) is 0 Å². The maximum Gasteiger partial charge on any atom is 0.0672 e. The number of hydrogen-bond acceptors (Lipinski definition) is 2. The summed E-state index contributed by atoms with van der Waals surface area (Å²) in [5.41, 5.74) is -0.662. The van der Waals surface area contributed by atoms with Gasteiger partial charge < -0.3 is 10.2 Å². The highest BCUT2D eigenvalue weighted by Crippen LogP contribution is 2.28. The quantitative estimate of drug-likeness (QED) is 0.666. The van der Waals surface area contributed by atoms with Crippen LogP contribution in [0.25, 0.3) is 0 Å². The van der Waals surface area contributed by atoms with Crippen LogP contribution in [0.4, 0.5) is 0 Å². The van der Waals surface area contributed by atoms with E-state index < -0.39 is 11.7 Å². The molecule has 14 heavy (non-hydrogen) atoms. The Labute approximate surface area is 88.3 Å². The van der Waals surface area contributed by atoms with E-state index in [0.717, 1.165) is 25.7 Å². The molecular weight excluding hydrogens is 176 g/mol. The van der Waals surface area contributed by atoms with Crippen LogP contribution < -0.4 is 0 Å². The van der Waals surface area contributed by atoms with Gasteiger partial charge in [0.25, 0.3) is 0 Å². The highest BCUT2D eigenvalue weighted by atomic mass is 16.3. The van der Waals surface area contributed by atoms with Gasteiger partial charge in [0, 0.05) is 6.42 Å². The van der Waals surface area contributed by atoms with Crippen molar-refractivity contribution >= 4 is 0 Å². The second-order valence-electron chi connectivity index (χ2n) is 4.52. The molecule has 0 rings (SSSR count). The fourth-order valence-corrected chi connectivity index (χ4v) is 2.04. The summed E-state index contributed by atoms with van der Waals surface area (Å²) in [6.45, 7) is 8.05. The molecule has 0 aromatic carbocycles. The van der Waals surface area contributed by atoms with E-state index in [9.17, 15) is 10.2 Å². The number of hydrogen-bond donors (Lipinski definition) is 2.